The van der Waals surface area contributed by atoms with Gasteiger partial charge in [0.1, 0.15) is 18.1 Å². The van der Waals surface area contributed by atoms with Crippen LogP contribution in [-0.2, 0) is 6.61 Å². The quantitative estimate of drug-likeness (QED) is 0.533. The molecule has 0 aliphatic carbocycles. The molecule has 0 N–H and O–H groups in total. The fourth-order valence-corrected chi connectivity index (χ4v) is 3.91. The number of nitrogens with zero attached hydrogens (tertiary/aromatic N) is 2. The lowest BCUT2D eigenvalue weighted by atomic mass is 10.1. The van der Waals surface area contributed by atoms with Gasteiger partial charge in [-0.25, -0.2) is 0 Å². The van der Waals surface area contributed by atoms with Crippen LogP contribution in [0.25, 0.3) is 0 Å². The summed E-state index contributed by atoms with van der Waals surface area (Å²) < 4.78 is 11.7. The molecule has 0 radical (unpaired) electrons. The Morgan fingerprint density at radius 3 is 2.28 bits per heavy atom. The Kier molecular flexibility index (Phi) is 6.95. The SMILES string of the molecule is CCOc1ccc(C(=O)N2CCN(c3ccccc3)CC2)cc1COc1ccc(C)cc1. The van der Waals surface area contributed by atoms with Gasteiger partial charge in [0.25, 0.3) is 5.91 Å². The monoisotopic (exact) mass is 430 g/mol. The number of benzene rings is 3. The second-order valence-corrected chi connectivity index (χ2v) is 7.97. The molecule has 0 unspecified atom stereocenters. The molecule has 1 aliphatic rings. The highest BCUT2D eigenvalue weighted by Crippen LogP contribution is 2.24. The third-order valence-corrected chi connectivity index (χ3v) is 5.71. The molecule has 1 heterocycles. The van der Waals surface area contributed by atoms with E-state index in [4.69, 9.17) is 9.47 Å². The molecule has 166 valence electrons. The number of amides is 1. The molecule has 1 aliphatic heterocycles. The first-order valence-electron chi connectivity index (χ1n) is 11.2. The van der Waals surface area contributed by atoms with Crippen LogP contribution in [0.4, 0.5) is 5.69 Å². The number of ether oxygens (including phenoxy) is 2. The van der Waals surface area contributed by atoms with Crippen molar-refractivity contribution in [1.29, 1.82) is 0 Å². The topological polar surface area (TPSA) is 42.0 Å². The van der Waals surface area contributed by atoms with Gasteiger partial charge in [0.05, 0.1) is 6.61 Å². The normalized spacial score (nSPS) is 13.7. The number of anilines is 1. The first-order valence-corrected chi connectivity index (χ1v) is 11.2. The molecule has 1 amide bonds. The van der Waals surface area contributed by atoms with Crippen LogP contribution in [0.2, 0.25) is 0 Å². The summed E-state index contributed by atoms with van der Waals surface area (Å²) >= 11 is 0. The van der Waals surface area contributed by atoms with E-state index in [1.54, 1.807) is 0 Å². The Morgan fingerprint density at radius 2 is 1.59 bits per heavy atom. The molecule has 0 spiro atoms. The van der Waals surface area contributed by atoms with E-state index in [-0.39, 0.29) is 5.91 Å². The van der Waals surface area contributed by atoms with Crippen LogP contribution >= 0.6 is 0 Å². The zero-order valence-electron chi connectivity index (χ0n) is 18.8. The molecule has 1 fully saturated rings. The van der Waals surface area contributed by atoms with E-state index in [1.165, 1.54) is 11.3 Å². The summed E-state index contributed by atoms with van der Waals surface area (Å²) in [5, 5.41) is 0. The molecule has 32 heavy (non-hydrogen) atoms. The van der Waals surface area contributed by atoms with E-state index >= 15 is 0 Å². The highest BCUT2D eigenvalue weighted by atomic mass is 16.5. The smallest absolute Gasteiger partial charge is 0.253 e. The number of carbonyl (C=O) groups excluding carboxylic acids is 1. The van der Waals surface area contributed by atoms with Gasteiger partial charge in [0, 0.05) is 43.0 Å². The number of hydrogen-bond acceptors (Lipinski definition) is 4. The van der Waals surface area contributed by atoms with Crippen molar-refractivity contribution >= 4 is 11.6 Å². The number of carbonyl (C=O) groups is 1. The number of piperazine rings is 1. The molecule has 4 rings (SSSR count). The van der Waals surface area contributed by atoms with Crippen molar-refractivity contribution < 1.29 is 14.3 Å². The van der Waals surface area contributed by atoms with E-state index < -0.39 is 0 Å². The van der Waals surface area contributed by atoms with Crippen LogP contribution in [-0.4, -0.2) is 43.6 Å². The van der Waals surface area contributed by atoms with Crippen molar-refractivity contribution in [1.82, 2.24) is 4.90 Å². The minimum Gasteiger partial charge on any atom is -0.493 e. The van der Waals surface area contributed by atoms with Crippen LogP contribution in [0.1, 0.15) is 28.4 Å². The maximum atomic E-state index is 13.2. The molecule has 1 saturated heterocycles. The van der Waals surface area contributed by atoms with Gasteiger partial charge in [-0.15, -0.1) is 0 Å². The largest absolute Gasteiger partial charge is 0.493 e. The van der Waals surface area contributed by atoms with Crippen molar-refractivity contribution in [2.45, 2.75) is 20.5 Å². The molecule has 3 aromatic carbocycles. The van der Waals surface area contributed by atoms with Crippen LogP contribution in [0, 0.1) is 6.92 Å². The summed E-state index contributed by atoms with van der Waals surface area (Å²) in [5.41, 5.74) is 3.94. The van der Waals surface area contributed by atoms with Crippen LogP contribution in [0.15, 0.2) is 72.8 Å². The van der Waals surface area contributed by atoms with Crippen molar-refractivity contribution in [3.8, 4) is 11.5 Å². The predicted octanol–water partition coefficient (Wildman–Crippen LogP) is 4.94. The maximum Gasteiger partial charge on any atom is 0.253 e. The molecular formula is C27H30N2O3. The lowest BCUT2D eigenvalue weighted by Gasteiger charge is -2.36. The number of rotatable bonds is 7. The van der Waals surface area contributed by atoms with Crippen LogP contribution in [0.5, 0.6) is 11.5 Å². The van der Waals surface area contributed by atoms with Gasteiger partial charge < -0.3 is 19.3 Å². The van der Waals surface area contributed by atoms with E-state index in [0.717, 1.165) is 30.2 Å². The van der Waals surface area contributed by atoms with Gasteiger partial charge in [-0.1, -0.05) is 35.9 Å². The first kappa shape index (κ1) is 21.8. The summed E-state index contributed by atoms with van der Waals surface area (Å²) in [7, 11) is 0. The summed E-state index contributed by atoms with van der Waals surface area (Å²) in [6.45, 7) is 7.98. The molecule has 0 aromatic heterocycles. The molecule has 5 heteroatoms. The second kappa shape index (κ2) is 10.2. The lowest BCUT2D eigenvalue weighted by molar-refractivity contribution is 0.0746. The zero-order chi connectivity index (χ0) is 22.3. The van der Waals surface area contributed by atoms with E-state index in [9.17, 15) is 4.79 Å². The molecule has 0 bridgehead atoms. The maximum absolute atomic E-state index is 13.2. The predicted molar refractivity (Wildman–Crippen MR) is 128 cm³/mol. The number of aryl methyl sites for hydroxylation is 1. The molecule has 5 nitrogen and oxygen atoms in total. The third kappa shape index (κ3) is 5.22. The fraction of sp³-hybridized carbons (Fsp3) is 0.296. The Hall–Kier alpha value is -3.47. The van der Waals surface area contributed by atoms with Crippen molar-refractivity contribution in [3.05, 3.63) is 89.5 Å². The highest BCUT2D eigenvalue weighted by Gasteiger charge is 2.23. The summed E-state index contributed by atoms with van der Waals surface area (Å²) in [6.07, 6.45) is 0. The van der Waals surface area contributed by atoms with Gasteiger partial charge in [-0.2, -0.15) is 0 Å². The first-order chi connectivity index (χ1) is 15.6. The Balaban J connectivity index is 1.44. The minimum absolute atomic E-state index is 0.0531. The Labute approximate surface area is 190 Å². The molecular weight excluding hydrogens is 400 g/mol. The van der Waals surface area contributed by atoms with Gasteiger partial charge in [0.2, 0.25) is 0 Å². The second-order valence-electron chi connectivity index (χ2n) is 7.97. The van der Waals surface area contributed by atoms with Gasteiger partial charge >= 0.3 is 0 Å². The summed E-state index contributed by atoms with van der Waals surface area (Å²) in [6, 6.07) is 23.9. The van der Waals surface area contributed by atoms with Crippen molar-refractivity contribution in [3.63, 3.8) is 0 Å². The van der Waals surface area contributed by atoms with Gasteiger partial charge in [0.15, 0.2) is 0 Å². The summed E-state index contributed by atoms with van der Waals surface area (Å²) in [5.74, 6) is 1.61. The molecule has 0 atom stereocenters. The standard InChI is InChI=1S/C27H30N2O3/c1-3-31-26-14-11-22(19-23(26)20-32-25-12-9-21(2)10-13-25)27(30)29-17-15-28(16-18-29)24-7-5-4-6-8-24/h4-14,19H,3,15-18,20H2,1-2H3. The average Bonchev–Trinajstić information content (AvgIpc) is 2.85. The Morgan fingerprint density at radius 1 is 0.875 bits per heavy atom. The van der Waals surface area contributed by atoms with Crippen LogP contribution in [0.3, 0.4) is 0 Å². The Bertz CT molecular complexity index is 1030. The van der Waals surface area contributed by atoms with E-state index in [2.05, 4.69) is 17.0 Å². The summed E-state index contributed by atoms with van der Waals surface area (Å²) in [4.78, 5) is 17.5. The molecule has 0 saturated carbocycles. The highest BCUT2D eigenvalue weighted by molar-refractivity contribution is 5.94. The van der Waals surface area contributed by atoms with Gasteiger partial charge in [-0.05, 0) is 56.3 Å². The average molecular weight is 431 g/mol. The molecule has 3 aromatic rings. The van der Waals surface area contributed by atoms with Crippen molar-refractivity contribution in [2.75, 3.05) is 37.7 Å². The van der Waals surface area contributed by atoms with E-state index in [0.29, 0.717) is 31.9 Å². The number of hydrogen-bond donors (Lipinski definition) is 0. The zero-order valence-corrected chi connectivity index (χ0v) is 18.8. The van der Waals surface area contributed by atoms with E-state index in [1.807, 2.05) is 79.4 Å². The fourth-order valence-electron chi connectivity index (χ4n) is 3.91. The minimum atomic E-state index is 0.0531. The van der Waals surface area contributed by atoms with Crippen LogP contribution < -0.4 is 14.4 Å². The lowest BCUT2D eigenvalue weighted by Crippen LogP contribution is -2.48. The van der Waals surface area contributed by atoms with Crippen molar-refractivity contribution in [2.24, 2.45) is 0 Å². The third-order valence-electron chi connectivity index (χ3n) is 5.71. The number of para-hydroxylation sites is 1. The van der Waals surface area contributed by atoms with Gasteiger partial charge in [-0.3, -0.25) is 4.79 Å².